The van der Waals surface area contributed by atoms with E-state index in [2.05, 4.69) is 9.62 Å². The lowest BCUT2D eigenvalue weighted by Crippen LogP contribution is -2.48. The van der Waals surface area contributed by atoms with Gasteiger partial charge in [0.2, 0.25) is 0 Å². The van der Waals surface area contributed by atoms with Gasteiger partial charge in [-0.05, 0) is 54.6 Å². The van der Waals surface area contributed by atoms with Crippen molar-refractivity contribution in [1.82, 2.24) is 4.90 Å². The minimum Gasteiger partial charge on any atom is -0.497 e. The molecule has 1 fully saturated rings. The number of carbonyl (C=O) groups is 1. The number of hydrogen-bond donors (Lipinski definition) is 1. The first kappa shape index (κ1) is 23.4. The normalized spacial score (nSPS) is 13.9. The molecule has 34 heavy (non-hydrogen) atoms. The van der Waals surface area contributed by atoms with Crippen LogP contribution >= 0.6 is 0 Å². The number of amides is 1. The van der Waals surface area contributed by atoms with Crippen LogP contribution in [0.25, 0.3) is 0 Å². The molecule has 3 aromatic rings. The minimum absolute atomic E-state index is 0.0149. The predicted molar refractivity (Wildman–Crippen MR) is 131 cm³/mol. The summed E-state index contributed by atoms with van der Waals surface area (Å²) in [6.07, 6.45) is 0. The van der Waals surface area contributed by atoms with Gasteiger partial charge in [-0.1, -0.05) is 18.2 Å². The van der Waals surface area contributed by atoms with E-state index in [9.17, 15) is 13.2 Å². The van der Waals surface area contributed by atoms with Crippen molar-refractivity contribution in [2.45, 2.75) is 4.90 Å². The fourth-order valence-corrected chi connectivity index (χ4v) is 4.99. The Kier molecular flexibility index (Phi) is 6.93. The molecule has 1 N–H and O–H groups in total. The highest BCUT2D eigenvalue weighted by atomic mass is 32.2. The number of hydrogen-bond acceptors (Lipinski definition) is 6. The van der Waals surface area contributed by atoms with Crippen molar-refractivity contribution in [3.8, 4) is 11.5 Å². The number of ether oxygens (including phenoxy) is 2. The van der Waals surface area contributed by atoms with Gasteiger partial charge in [0.1, 0.15) is 11.5 Å². The topological polar surface area (TPSA) is 88.2 Å². The van der Waals surface area contributed by atoms with Crippen molar-refractivity contribution in [2.75, 3.05) is 50.0 Å². The summed E-state index contributed by atoms with van der Waals surface area (Å²) < 4.78 is 38.9. The molecule has 0 saturated carbocycles. The van der Waals surface area contributed by atoms with Gasteiger partial charge < -0.3 is 19.3 Å². The summed E-state index contributed by atoms with van der Waals surface area (Å²) in [5.74, 6) is 1.02. The van der Waals surface area contributed by atoms with Crippen LogP contribution in [0.1, 0.15) is 10.4 Å². The third kappa shape index (κ3) is 5.09. The predicted octanol–water partition coefficient (Wildman–Crippen LogP) is 3.47. The third-order valence-electron chi connectivity index (χ3n) is 5.75. The summed E-state index contributed by atoms with van der Waals surface area (Å²) in [6.45, 7) is 2.46. The molecule has 1 aliphatic heterocycles. The molecule has 1 saturated heterocycles. The molecule has 3 aromatic carbocycles. The van der Waals surface area contributed by atoms with E-state index in [4.69, 9.17) is 9.47 Å². The monoisotopic (exact) mass is 481 g/mol. The highest BCUT2D eigenvalue weighted by Crippen LogP contribution is 2.27. The van der Waals surface area contributed by atoms with Crippen molar-refractivity contribution < 1.29 is 22.7 Å². The summed E-state index contributed by atoms with van der Waals surface area (Å²) >= 11 is 0. The number of rotatable bonds is 7. The molecule has 178 valence electrons. The zero-order chi connectivity index (χ0) is 24.1. The molecule has 0 bridgehead atoms. The molecule has 0 aromatic heterocycles. The zero-order valence-corrected chi connectivity index (χ0v) is 19.9. The molecule has 1 aliphatic rings. The highest BCUT2D eigenvalue weighted by molar-refractivity contribution is 7.92. The summed E-state index contributed by atoms with van der Waals surface area (Å²) in [7, 11) is -0.796. The number of benzene rings is 3. The zero-order valence-electron chi connectivity index (χ0n) is 19.1. The molecule has 1 amide bonds. The molecular formula is C25H27N3O5S. The molecule has 8 nitrogen and oxygen atoms in total. The van der Waals surface area contributed by atoms with Gasteiger partial charge in [0.05, 0.1) is 24.8 Å². The standard InChI is InChI=1S/C25H27N3O5S/c1-32-21-12-10-20(11-13-21)27-14-16-28(17-15-27)25(29)19-6-5-7-22(18-19)34(30,31)26-23-8-3-4-9-24(23)33-2/h3-13,18,26H,14-17H2,1-2H3. The smallest absolute Gasteiger partial charge is 0.262 e. The Labute approximate surface area is 199 Å². The first-order chi connectivity index (χ1) is 16.4. The number of methoxy groups -OCH3 is 2. The van der Waals surface area contributed by atoms with Crippen molar-refractivity contribution in [3.05, 3.63) is 78.4 Å². The Balaban J connectivity index is 1.44. The van der Waals surface area contributed by atoms with Gasteiger partial charge in [-0.25, -0.2) is 8.42 Å². The van der Waals surface area contributed by atoms with E-state index >= 15 is 0 Å². The van der Waals surface area contributed by atoms with E-state index in [0.717, 1.165) is 11.4 Å². The van der Waals surface area contributed by atoms with E-state index < -0.39 is 10.0 Å². The lowest BCUT2D eigenvalue weighted by atomic mass is 10.1. The van der Waals surface area contributed by atoms with Crippen LogP contribution in [0.2, 0.25) is 0 Å². The summed E-state index contributed by atoms with van der Waals surface area (Å²) in [4.78, 5) is 17.1. The van der Waals surface area contributed by atoms with Gasteiger partial charge in [-0.3, -0.25) is 9.52 Å². The maximum atomic E-state index is 13.1. The first-order valence-corrected chi connectivity index (χ1v) is 12.3. The van der Waals surface area contributed by atoms with E-state index in [1.165, 1.54) is 19.2 Å². The molecule has 9 heteroatoms. The Morgan fingerprint density at radius 1 is 0.853 bits per heavy atom. The van der Waals surface area contributed by atoms with Gasteiger partial charge in [-0.2, -0.15) is 0 Å². The van der Waals surface area contributed by atoms with E-state index in [1.807, 2.05) is 24.3 Å². The second kappa shape index (κ2) is 10.0. The van der Waals surface area contributed by atoms with Gasteiger partial charge in [0.15, 0.2) is 0 Å². The molecule has 0 atom stereocenters. The number of carbonyl (C=O) groups excluding carboxylic acids is 1. The van der Waals surface area contributed by atoms with Crippen molar-refractivity contribution in [3.63, 3.8) is 0 Å². The number of piperazine rings is 1. The Hall–Kier alpha value is -3.72. The number of sulfonamides is 1. The molecule has 1 heterocycles. The van der Waals surface area contributed by atoms with Gasteiger partial charge in [0, 0.05) is 37.4 Å². The van der Waals surface area contributed by atoms with Gasteiger partial charge in [-0.15, -0.1) is 0 Å². The van der Waals surface area contributed by atoms with E-state index in [1.54, 1.807) is 48.4 Å². The number of nitrogens with one attached hydrogen (secondary N) is 1. The highest BCUT2D eigenvalue weighted by Gasteiger charge is 2.24. The van der Waals surface area contributed by atoms with Crippen LogP contribution in [0, 0.1) is 0 Å². The van der Waals surface area contributed by atoms with Gasteiger partial charge >= 0.3 is 0 Å². The number of para-hydroxylation sites is 2. The summed E-state index contributed by atoms with van der Waals surface area (Å²) in [6, 6.07) is 20.7. The molecule has 0 unspecified atom stereocenters. The fraction of sp³-hybridized carbons (Fsp3) is 0.240. The Morgan fingerprint density at radius 3 is 2.24 bits per heavy atom. The SMILES string of the molecule is COc1ccc(N2CCN(C(=O)c3cccc(S(=O)(=O)Nc4ccccc4OC)c3)CC2)cc1. The molecule has 0 radical (unpaired) electrons. The quantitative estimate of drug-likeness (QED) is 0.556. The molecule has 0 spiro atoms. The van der Waals surface area contributed by atoms with Crippen molar-refractivity contribution >= 4 is 27.3 Å². The molecule has 4 rings (SSSR count). The van der Waals surface area contributed by atoms with Crippen LogP contribution in [0.15, 0.2) is 77.7 Å². The Bertz CT molecular complexity index is 1250. The van der Waals surface area contributed by atoms with Crippen molar-refractivity contribution in [1.29, 1.82) is 0 Å². The summed E-state index contributed by atoms with van der Waals surface area (Å²) in [5.41, 5.74) is 1.74. The fourth-order valence-electron chi connectivity index (χ4n) is 3.87. The first-order valence-electron chi connectivity index (χ1n) is 10.9. The largest absolute Gasteiger partial charge is 0.497 e. The maximum absolute atomic E-state index is 13.1. The van der Waals surface area contributed by atoms with Crippen LogP contribution in [0.5, 0.6) is 11.5 Å². The van der Waals surface area contributed by atoms with Crippen molar-refractivity contribution in [2.24, 2.45) is 0 Å². The Morgan fingerprint density at radius 2 is 1.56 bits per heavy atom. The average Bonchev–Trinajstić information content (AvgIpc) is 2.88. The summed E-state index contributed by atoms with van der Waals surface area (Å²) in [5, 5.41) is 0. The van der Waals surface area contributed by atoms with Crippen LogP contribution in [0.4, 0.5) is 11.4 Å². The van der Waals surface area contributed by atoms with Crippen LogP contribution in [-0.4, -0.2) is 59.6 Å². The lowest BCUT2D eigenvalue weighted by molar-refractivity contribution is 0.0746. The second-order valence-electron chi connectivity index (χ2n) is 7.81. The van der Waals surface area contributed by atoms with Crippen LogP contribution < -0.4 is 19.1 Å². The lowest BCUT2D eigenvalue weighted by Gasteiger charge is -2.36. The number of nitrogens with zero attached hydrogens (tertiary/aromatic N) is 2. The number of anilines is 2. The molecular weight excluding hydrogens is 454 g/mol. The van der Waals surface area contributed by atoms with Gasteiger partial charge in [0.25, 0.3) is 15.9 Å². The maximum Gasteiger partial charge on any atom is 0.262 e. The van der Waals surface area contributed by atoms with E-state index in [-0.39, 0.29) is 10.8 Å². The average molecular weight is 482 g/mol. The van der Waals surface area contributed by atoms with Crippen LogP contribution in [-0.2, 0) is 10.0 Å². The third-order valence-corrected chi connectivity index (χ3v) is 7.11. The van der Waals surface area contributed by atoms with Crippen LogP contribution in [0.3, 0.4) is 0 Å². The minimum atomic E-state index is -3.90. The van der Waals surface area contributed by atoms with E-state index in [0.29, 0.717) is 43.2 Å². The molecule has 0 aliphatic carbocycles. The second-order valence-corrected chi connectivity index (χ2v) is 9.49.